The third-order valence-corrected chi connectivity index (χ3v) is 5.66. The van der Waals surface area contributed by atoms with Crippen molar-refractivity contribution in [3.05, 3.63) is 29.8 Å². The molecule has 0 saturated carbocycles. The zero-order valence-electron chi connectivity index (χ0n) is 18.4. The Hall–Kier alpha value is -2.28. The molecule has 0 atom stereocenters. The highest BCUT2D eigenvalue weighted by atomic mass is 16.5. The number of morpholine rings is 1. The second kappa shape index (κ2) is 12.4. The molecule has 1 aromatic rings. The smallest absolute Gasteiger partial charge is 0.222 e. The van der Waals surface area contributed by atoms with Crippen LogP contribution in [0.25, 0.3) is 0 Å². The van der Waals surface area contributed by atoms with E-state index in [1.165, 1.54) is 17.7 Å². The molecule has 7 nitrogen and oxygen atoms in total. The predicted molar refractivity (Wildman–Crippen MR) is 122 cm³/mol. The molecular formula is C23H37N5O2. The molecule has 2 aliphatic heterocycles. The molecule has 30 heavy (non-hydrogen) atoms. The highest BCUT2D eigenvalue weighted by molar-refractivity contribution is 5.80. The fourth-order valence-corrected chi connectivity index (χ4v) is 4.01. The number of ether oxygens (including phenoxy) is 1. The van der Waals surface area contributed by atoms with Crippen molar-refractivity contribution >= 4 is 17.6 Å². The van der Waals surface area contributed by atoms with Gasteiger partial charge in [-0.05, 0) is 37.8 Å². The van der Waals surface area contributed by atoms with Crippen molar-refractivity contribution < 1.29 is 9.53 Å². The van der Waals surface area contributed by atoms with Gasteiger partial charge in [-0.25, -0.2) is 4.99 Å². The molecule has 2 heterocycles. The number of hydrogen-bond donors (Lipinski definition) is 2. The second-order valence-electron chi connectivity index (χ2n) is 7.90. The van der Waals surface area contributed by atoms with E-state index in [4.69, 9.17) is 9.73 Å². The van der Waals surface area contributed by atoms with Crippen molar-refractivity contribution in [1.29, 1.82) is 0 Å². The second-order valence-corrected chi connectivity index (χ2v) is 7.90. The number of nitrogens with one attached hydrogen (secondary N) is 2. The molecule has 0 radical (unpaired) electrons. The van der Waals surface area contributed by atoms with E-state index in [2.05, 4.69) is 46.7 Å². The van der Waals surface area contributed by atoms with Crippen molar-refractivity contribution in [2.75, 3.05) is 57.4 Å². The van der Waals surface area contributed by atoms with E-state index >= 15 is 0 Å². The van der Waals surface area contributed by atoms with Gasteiger partial charge < -0.3 is 25.2 Å². The maximum absolute atomic E-state index is 12.1. The van der Waals surface area contributed by atoms with Crippen molar-refractivity contribution in [2.24, 2.45) is 4.99 Å². The largest absolute Gasteiger partial charge is 0.378 e. The maximum Gasteiger partial charge on any atom is 0.222 e. The number of hydrogen-bond acceptors (Lipinski definition) is 4. The molecule has 1 amide bonds. The van der Waals surface area contributed by atoms with Gasteiger partial charge in [-0.3, -0.25) is 4.79 Å². The molecule has 0 bridgehead atoms. The lowest BCUT2D eigenvalue weighted by Crippen LogP contribution is -2.39. The summed E-state index contributed by atoms with van der Waals surface area (Å²) in [5.41, 5.74) is 2.48. The first-order chi connectivity index (χ1) is 14.8. The van der Waals surface area contributed by atoms with Crippen LogP contribution in [0.15, 0.2) is 29.3 Å². The van der Waals surface area contributed by atoms with Crippen LogP contribution in [-0.2, 0) is 16.1 Å². The molecule has 0 spiro atoms. The molecule has 2 aliphatic rings. The summed E-state index contributed by atoms with van der Waals surface area (Å²) in [6, 6.07) is 8.50. The molecule has 0 aliphatic carbocycles. The van der Waals surface area contributed by atoms with E-state index in [0.29, 0.717) is 18.9 Å². The number of carbonyl (C=O) groups is 1. The highest BCUT2D eigenvalue weighted by Crippen LogP contribution is 2.22. The lowest BCUT2D eigenvalue weighted by atomic mass is 10.1. The molecule has 0 unspecified atom stereocenters. The number of amides is 1. The van der Waals surface area contributed by atoms with Gasteiger partial charge in [0, 0.05) is 51.4 Å². The normalized spacial score (nSPS) is 18.3. The quantitative estimate of drug-likeness (QED) is 0.388. The summed E-state index contributed by atoms with van der Waals surface area (Å²) in [5.74, 6) is 1.14. The molecule has 2 fully saturated rings. The first-order valence-electron chi connectivity index (χ1n) is 11.5. The van der Waals surface area contributed by atoms with Crippen LogP contribution in [0.1, 0.15) is 44.6 Å². The van der Waals surface area contributed by atoms with Crippen LogP contribution in [0.4, 0.5) is 5.69 Å². The lowest BCUT2D eigenvalue weighted by molar-refractivity contribution is -0.130. The summed E-state index contributed by atoms with van der Waals surface area (Å²) in [5, 5.41) is 6.76. The van der Waals surface area contributed by atoms with Crippen LogP contribution in [0.5, 0.6) is 0 Å². The van der Waals surface area contributed by atoms with Gasteiger partial charge in [0.05, 0.1) is 19.8 Å². The van der Waals surface area contributed by atoms with Crippen LogP contribution in [0, 0.1) is 0 Å². The summed E-state index contributed by atoms with van der Waals surface area (Å²) in [6.45, 7) is 9.48. The Morgan fingerprint density at radius 2 is 1.93 bits per heavy atom. The molecule has 2 saturated heterocycles. The summed E-state index contributed by atoms with van der Waals surface area (Å²) in [6.07, 6.45) is 4.98. The van der Waals surface area contributed by atoms with Crippen molar-refractivity contribution in [3.8, 4) is 0 Å². The monoisotopic (exact) mass is 415 g/mol. The third-order valence-electron chi connectivity index (χ3n) is 5.66. The third kappa shape index (κ3) is 6.90. The van der Waals surface area contributed by atoms with Gasteiger partial charge in [0.1, 0.15) is 0 Å². The molecule has 0 aromatic heterocycles. The summed E-state index contributed by atoms with van der Waals surface area (Å²) >= 11 is 0. The number of likely N-dealkylation sites (tertiary alicyclic amines) is 1. The van der Waals surface area contributed by atoms with Gasteiger partial charge in [0.15, 0.2) is 5.96 Å². The van der Waals surface area contributed by atoms with Gasteiger partial charge in [0.25, 0.3) is 0 Å². The van der Waals surface area contributed by atoms with Crippen molar-refractivity contribution in [1.82, 2.24) is 15.5 Å². The Kier molecular flexibility index (Phi) is 9.28. The van der Waals surface area contributed by atoms with Crippen LogP contribution in [-0.4, -0.2) is 69.2 Å². The predicted octanol–water partition coefficient (Wildman–Crippen LogP) is 2.37. The van der Waals surface area contributed by atoms with E-state index in [0.717, 1.165) is 77.7 Å². The summed E-state index contributed by atoms with van der Waals surface area (Å²) in [7, 11) is 0. The zero-order valence-corrected chi connectivity index (χ0v) is 18.4. The molecular weight excluding hydrogens is 378 g/mol. The molecule has 7 heteroatoms. The van der Waals surface area contributed by atoms with Gasteiger partial charge in [-0.2, -0.15) is 0 Å². The first kappa shape index (κ1) is 22.4. The molecule has 1 aromatic carbocycles. The molecule has 2 N–H and O–H groups in total. The van der Waals surface area contributed by atoms with Crippen molar-refractivity contribution in [3.63, 3.8) is 0 Å². The number of guanidine groups is 1. The number of para-hydroxylation sites is 1. The number of nitrogens with zero attached hydrogens (tertiary/aromatic N) is 3. The van der Waals surface area contributed by atoms with Crippen LogP contribution < -0.4 is 15.5 Å². The Morgan fingerprint density at radius 1 is 1.10 bits per heavy atom. The average Bonchev–Trinajstić information content (AvgIpc) is 2.99. The number of aliphatic imine (C=N–C) groups is 1. The van der Waals surface area contributed by atoms with Gasteiger partial charge in [-0.1, -0.05) is 24.6 Å². The van der Waals surface area contributed by atoms with Gasteiger partial charge >= 0.3 is 0 Å². The SMILES string of the molecule is CCNC(=NCc1ccccc1N1CCOCC1)NCCCN1CCCCCC1=O. The van der Waals surface area contributed by atoms with E-state index < -0.39 is 0 Å². The van der Waals surface area contributed by atoms with E-state index in [9.17, 15) is 4.79 Å². The van der Waals surface area contributed by atoms with Crippen LogP contribution >= 0.6 is 0 Å². The number of benzene rings is 1. The van der Waals surface area contributed by atoms with Gasteiger partial charge in [-0.15, -0.1) is 0 Å². The summed E-state index contributed by atoms with van der Waals surface area (Å²) < 4.78 is 5.49. The molecule has 3 rings (SSSR count). The average molecular weight is 416 g/mol. The zero-order chi connectivity index (χ0) is 21.0. The first-order valence-corrected chi connectivity index (χ1v) is 11.5. The van der Waals surface area contributed by atoms with Crippen molar-refractivity contribution in [2.45, 2.75) is 45.6 Å². The van der Waals surface area contributed by atoms with E-state index in [-0.39, 0.29) is 0 Å². The lowest BCUT2D eigenvalue weighted by Gasteiger charge is -2.30. The Balaban J connectivity index is 1.51. The van der Waals surface area contributed by atoms with Gasteiger partial charge in [0.2, 0.25) is 5.91 Å². The Labute approximate surface area is 180 Å². The Morgan fingerprint density at radius 3 is 2.77 bits per heavy atom. The molecule has 166 valence electrons. The number of carbonyl (C=O) groups excluding carboxylic acids is 1. The Bertz CT molecular complexity index is 688. The minimum absolute atomic E-state index is 0.313. The fraction of sp³-hybridized carbons (Fsp3) is 0.652. The standard InChI is InChI=1S/C23H37N5O2/c1-2-24-23(25-12-8-14-28-13-7-3-4-11-22(28)29)26-19-20-9-5-6-10-21(20)27-15-17-30-18-16-27/h5-6,9-10H,2-4,7-8,11-19H2,1H3,(H2,24,25,26). The highest BCUT2D eigenvalue weighted by Gasteiger charge is 2.16. The summed E-state index contributed by atoms with van der Waals surface area (Å²) in [4.78, 5) is 21.3. The maximum atomic E-state index is 12.1. The van der Waals surface area contributed by atoms with Crippen LogP contribution in [0.2, 0.25) is 0 Å². The van der Waals surface area contributed by atoms with Crippen LogP contribution in [0.3, 0.4) is 0 Å². The fourth-order valence-electron chi connectivity index (χ4n) is 4.01. The van der Waals surface area contributed by atoms with E-state index in [1.807, 2.05) is 4.90 Å². The number of rotatable bonds is 8. The minimum Gasteiger partial charge on any atom is -0.378 e. The topological polar surface area (TPSA) is 69.2 Å². The number of anilines is 1. The van der Waals surface area contributed by atoms with E-state index in [1.54, 1.807) is 0 Å². The minimum atomic E-state index is 0.313.